The molecule has 11 nitrogen and oxygen atoms in total. The van der Waals surface area contributed by atoms with Crippen LogP contribution in [0, 0.1) is 0 Å². The molecule has 256 valence electrons. The van der Waals surface area contributed by atoms with E-state index < -0.39 is 34.4 Å². The van der Waals surface area contributed by atoms with Gasteiger partial charge in [0, 0.05) is 40.3 Å². The van der Waals surface area contributed by atoms with Gasteiger partial charge in [-0.2, -0.15) is 0 Å². The van der Waals surface area contributed by atoms with E-state index in [1.807, 2.05) is 13.8 Å². The number of carbonyl (C=O) groups excluding carboxylic acids is 2. The molecule has 3 aromatic carbocycles. The zero-order chi connectivity index (χ0) is 34.9. The number of amides is 2. The van der Waals surface area contributed by atoms with Crippen LogP contribution in [0.15, 0.2) is 59.5 Å². The van der Waals surface area contributed by atoms with Crippen molar-refractivity contribution in [2.45, 2.75) is 57.1 Å². The van der Waals surface area contributed by atoms with Gasteiger partial charge in [-0.25, -0.2) is 8.42 Å². The molecule has 0 saturated carbocycles. The van der Waals surface area contributed by atoms with Crippen LogP contribution in [0.25, 0.3) is 0 Å². The number of carbonyl (C=O) groups is 2. The molecule has 0 bridgehead atoms. The minimum absolute atomic E-state index is 0.0304. The van der Waals surface area contributed by atoms with Crippen molar-refractivity contribution in [1.82, 2.24) is 10.2 Å². The first-order chi connectivity index (χ1) is 22.4. The Balaban J connectivity index is 2.23. The summed E-state index contributed by atoms with van der Waals surface area (Å²) in [6, 6.07) is 12.4. The van der Waals surface area contributed by atoms with Gasteiger partial charge in [0.05, 0.1) is 39.0 Å². The molecule has 0 aliphatic heterocycles. The van der Waals surface area contributed by atoms with E-state index in [-0.39, 0.29) is 51.1 Å². The fourth-order valence-electron chi connectivity index (χ4n) is 4.82. The molecule has 0 radical (unpaired) electrons. The molecule has 47 heavy (non-hydrogen) atoms. The maximum absolute atomic E-state index is 14.5. The molecule has 3 aromatic rings. The van der Waals surface area contributed by atoms with Crippen molar-refractivity contribution in [3.8, 4) is 23.0 Å². The van der Waals surface area contributed by atoms with Gasteiger partial charge in [0.1, 0.15) is 24.1 Å². The Bertz CT molecular complexity index is 1650. The Morgan fingerprint density at radius 3 is 2.00 bits per heavy atom. The summed E-state index contributed by atoms with van der Waals surface area (Å²) >= 11 is 13.0. The molecule has 0 saturated heterocycles. The van der Waals surface area contributed by atoms with Crippen molar-refractivity contribution in [3.63, 3.8) is 0 Å². The summed E-state index contributed by atoms with van der Waals surface area (Å²) in [7, 11) is 1.12. The molecule has 0 aromatic heterocycles. The second-order valence-corrected chi connectivity index (χ2v) is 13.2. The number of halogens is 2. The molecule has 3 rings (SSSR count). The smallest absolute Gasteiger partial charge is 0.265 e. The highest BCUT2D eigenvalue weighted by Crippen LogP contribution is 2.38. The van der Waals surface area contributed by atoms with E-state index in [2.05, 4.69) is 5.32 Å². The number of rotatable bonds is 16. The van der Waals surface area contributed by atoms with Gasteiger partial charge in [-0.1, -0.05) is 43.1 Å². The summed E-state index contributed by atoms with van der Waals surface area (Å²) in [5.41, 5.74) is 0.440. The maximum Gasteiger partial charge on any atom is 0.265 e. The third-order valence-corrected chi connectivity index (χ3v) is 10.1. The van der Waals surface area contributed by atoms with Crippen LogP contribution >= 0.6 is 23.2 Å². The van der Waals surface area contributed by atoms with E-state index in [9.17, 15) is 18.0 Å². The fraction of sp³-hybridized carbons (Fsp3) is 0.394. The van der Waals surface area contributed by atoms with Crippen LogP contribution in [0.3, 0.4) is 0 Å². The predicted molar refractivity (Wildman–Crippen MR) is 183 cm³/mol. The third-order valence-electron chi connectivity index (χ3n) is 7.65. The summed E-state index contributed by atoms with van der Waals surface area (Å²) in [6.07, 6.45) is 0.889. The van der Waals surface area contributed by atoms with Gasteiger partial charge in [0.25, 0.3) is 10.0 Å². The molecule has 0 aliphatic rings. The van der Waals surface area contributed by atoms with Gasteiger partial charge in [-0.15, -0.1) is 0 Å². The average Bonchev–Trinajstić information content (AvgIpc) is 3.07. The topological polar surface area (TPSA) is 124 Å². The summed E-state index contributed by atoms with van der Waals surface area (Å²) in [5.74, 6) is -0.133. The van der Waals surface area contributed by atoms with Crippen molar-refractivity contribution in [2.24, 2.45) is 0 Å². The number of nitrogens with one attached hydrogen (secondary N) is 1. The van der Waals surface area contributed by atoms with Crippen LogP contribution in [0.1, 0.15) is 39.2 Å². The first-order valence-corrected chi connectivity index (χ1v) is 17.1. The zero-order valence-electron chi connectivity index (χ0n) is 27.5. The molecular formula is C33H41Cl2N3O8S. The lowest BCUT2D eigenvalue weighted by Gasteiger charge is -2.34. The lowest BCUT2D eigenvalue weighted by atomic mass is 10.1. The quantitative estimate of drug-likeness (QED) is 0.194. The van der Waals surface area contributed by atoms with Gasteiger partial charge >= 0.3 is 0 Å². The van der Waals surface area contributed by atoms with Crippen molar-refractivity contribution in [1.29, 1.82) is 0 Å². The third kappa shape index (κ3) is 8.74. The number of anilines is 1. The van der Waals surface area contributed by atoms with Gasteiger partial charge in [0.2, 0.25) is 11.8 Å². The lowest BCUT2D eigenvalue weighted by Crippen LogP contribution is -2.53. The van der Waals surface area contributed by atoms with Gasteiger partial charge < -0.3 is 29.2 Å². The number of sulfonamides is 1. The molecule has 0 aliphatic carbocycles. The Hall–Kier alpha value is -3.87. The monoisotopic (exact) mass is 709 g/mol. The fourth-order valence-corrected chi connectivity index (χ4v) is 6.77. The van der Waals surface area contributed by atoms with E-state index in [4.69, 9.17) is 42.1 Å². The van der Waals surface area contributed by atoms with Crippen LogP contribution in [-0.2, 0) is 26.2 Å². The van der Waals surface area contributed by atoms with E-state index in [0.29, 0.717) is 23.5 Å². The van der Waals surface area contributed by atoms with Crippen molar-refractivity contribution >= 4 is 50.7 Å². The molecule has 0 fully saturated rings. The van der Waals surface area contributed by atoms with Crippen molar-refractivity contribution in [2.75, 3.05) is 39.3 Å². The maximum atomic E-state index is 14.5. The molecule has 2 amide bonds. The Morgan fingerprint density at radius 1 is 0.830 bits per heavy atom. The Kier molecular flexibility index (Phi) is 13.4. The summed E-state index contributed by atoms with van der Waals surface area (Å²) < 4.78 is 51.5. The highest BCUT2D eigenvalue weighted by atomic mass is 35.5. The standard InChI is InChI=1S/C33H41Cl2N3O8S/c1-8-21(3)36-33(40)27(9-2)37(19-24-25(34)11-10-12-26(24)35)32(39)20-38(28-17-22(43-4)13-15-29(28)44-5)47(41,42)23-14-16-30(45-6)31(18-23)46-7/h10-18,21,27H,8-9,19-20H2,1-7H3,(H,36,40). The number of benzene rings is 3. The normalized spacial score (nSPS) is 12.4. The van der Waals surface area contributed by atoms with E-state index >= 15 is 0 Å². The van der Waals surface area contributed by atoms with Gasteiger partial charge in [-0.3, -0.25) is 13.9 Å². The minimum Gasteiger partial charge on any atom is -0.497 e. The molecule has 0 heterocycles. The van der Waals surface area contributed by atoms with Crippen LogP contribution in [-0.4, -0.2) is 72.2 Å². The van der Waals surface area contributed by atoms with E-state index in [0.717, 1.165) is 4.31 Å². The predicted octanol–water partition coefficient (Wildman–Crippen LogP) is 5.95. The number of hydrogen-bond acceptors (Lipinski definition) is 8. The van der Waals surface area contributed by atoms with Crippen LogP contribution in [0.2, 0.25) is 10.0 Å². The first-order valence-electron chi connectivity index (χ1n) is 14.9. The van der Waals surface area contributed by atoms with Crippen LogP contribution in [0.4, 0.5) is 5.69 Å². The number of nitrogens with zero attached hydrogens (tertiary/aromatic N) is 2. The summed E-state index contributed by atoms with van der Waals surface area (Å²) in [6.45, 7) is 4.65. The number of methoxy groups -OCH3 is 4. The van der Waals surface area contributed by atoms with E-state index in [1.54, 1.807) is 31.2 Å². The van der Waals surface area contributed by atoms with Gasteiger partial charge in [0.15, 0.2) is 11.5 Å². The Morgan fingerprint density at radius 2 is 1.45 bits per heavy atom. The zero-order valence-corrected chi connectivity index (χ0v) is 29.8. The summed E-state index contributed by atoms with van der Waals surface area (Å²) in [4.78, 5) is 29.2. The lowest BCUT2D eigenvalue weighted by molar-refractivity contribution is -0.140. The second kappa shape index (κ2) is 16.8. The molecule has 14 heteroatoms. The minimum atomic E-state index is -4.50. The van der Waals surface area contributed by atoms with Crippen LogP contribution < -0.4 is 28.6 Å². The van der Waals surface area contributed by atoms with Crippen molar-refractivity contribution < 1.29 is 37.0 Å². The highest BCUT2D eigenvalue weighted by molar-refractivity contribution is 7.92. The summed E-state index contributed by atoms with van der Waals surface area (Å²) in [5, 5.41) is 3.51. The second-order valence-electron chi connectivity index (χ2n) is 10.5. The Labute approximate surface area is 286 Å². The van der Waals surface area contributed by atoms with Crippen LogP contribution in [0.5, 0.6) is 23.0 Å². The number of hydrogen-bond donors (Lipinski definition) is 1. The molecular weight excluding hydrogens is 669 g/mol. The van der Waals surface area contributed by atoms with Gasteiger partial charge in [-0.05, 0) is 56.2 Å². The van der Waals surface area contributed by atoms with E-state index in [1.165, 1.54) is 63.7 Å². The SMILES string of the molecule is CCC(C)NC(=O)C(CC)N(Cc1c(Cl)cccc1Cl)C(=O)CN(c1cc(OC)ccc1OC)S(=O)(=O)c1ccc(OC)c(OC)c1. The molecule has 2 atom stereocenters. The molecule has 2 unspecified atom stereocenters. The molecule has 0 spiro atoms. The highest BCUT2D eigenvalue weighted by Gasteiger charge is 2.36. The largest absolute Gasteiger partial charge is 0.497 e. The molecule has 1 N–H and O–H groups in total. The number of ether oxygens (including phenoxy) is 4. The average molecular weight is 711 g/mol. The van der Waals surface area contributed by atoms with Crippen molar-refractivity contribution in [3.05, 3.63) is 70.2 Å². The first kappa shape index (κ1) is 37.6.